The molecule has 0 spiro atoms. The van der Waals surface area contributed by atoms with Gasteiger partial charge in [0.25, 0.3) is 0 Å². The highest BCUT2D eigenvalue weighted by Gasteiger charge is 2.28. The molecule has 94 valence electrons. The molecule has 1 aromatic heterocycles. The highest BCUT2D eigenvalue weighted by Crippen LogP contribution is 2.37. The fraction of sp³-hybridized carbons (Fsp3) is 0.667. The highest BCUT2D eigenvalue weighted by molar-refractivity contribution is 7.11. The Hall–Kier alpha value is -0.940. The Morgan fingerprint density at radius 2 is 2.41 bits per heavy atom. The molecule has 1 atom stereocenters. The van der Waals surface area contributed by atoms with Gasteiger partial charge in [0.15, 0.2) is 0 Å². The van der Waals surface area contributed by atoms with Crippen molar-refractivity contribution in [3.05, 3.63) is 15.6 Å². The van der Waals surface area contributed by atoms with E-state index in [1.807, 2.05) is 11.9 Å². The third kappa shape index (κ3) is 2.66. The van der Waals surface area contributed by atoms with Crippen LogP contribution in [0.15, 0.2) is 0 Å². The number of hydrogen-bond donors (Lipinski definition) is 1. The van der Waals surface area contributed by atoms with Gasteiger partial charge in [0.1, 0.15) is 0 Å². The molecule has 2 rings (SSSR count). The molecule has 1 unspecified atom stereocenters. The van der Waals surface area contributed by atoms with Gasteiger partial charge in [-0.3, -0.25) is 9.69 Å². The third-order valence-corrected chi connectivity index (χ3v) is 4.53. The van der Waals surface area contributed by atoms with Crippen LogP contribution in [0.2, 0.25) is 0 Å². The molecule has 17 heavy (non-hydrogen) atoms. The van der Waals surface area contributed by atoms with E-state index in [9.17, 15) is 4.79 Å². The average Bonchev–Trinajstić information content (AvgIpc) is 2.70. The van der Waals surface area contributed by atoms with Gasteiger partial charge in [0.05, 0.1) is 17.2 Å². The van der Waals surface area contributed by atoms with E-state index >= 15 is 0 Å². The Kier molecular flexibility index (Phi) is 3.79. The molecule has 1 aliphatic carbocycles. The molecule has 0 radical (unpaired) electrons. The molecule has 1 N–H and O–H groups in total. The van der Waals surface area contributed by atoms with E-state index < -0.39 is 5.97 Å². The summed E-state index contributed by atoms with van der Waals surface area (Å²) in [6.07, 6.45) is 4.16. The Labute approximate surface area is 105 Å². The molecule has 0 aliphatic heterocycles. The van der Waals surface area contributed by atoms with Crippen molar-refractivity contribution in [1.29, 1.82) is 0 Å². The van der Waals surface area contributed by atoms with Crippen LogP contribution in [0.4, 0.5) is 0 Å². The molecule has 0 bridgehead atoms. The van der Waals surface area contributed by atoms with Gasteiger partial charge in [-0.15, -0.1) is 11.3 Å². The zero-order chi connectivity index (χ0) is 12.4. The number of nitrogens with zero attached hydrogens (tertiary/aromatic N) is 2. The number of fused-ring (bicyclic) bond motifs is 1. The summed E-state index contributed by atoms with van der Waals surface area (Å²) in [7, 11) is 1.89. The molecule has 1 heterocycles. The zero-order valence-corrected chi connectivity index (χ0v) is 11.1. The Morgan fingerprint density at radius 1 is 1.65 bits per heavy atom. The highest BCUT2D eigenvalue weighted by atomic mass is 32.1. The van der Waals surface area contributed by atoms with Crippen LogP contribution in [0.1, 0.15) is 41.4 Å². The van der Waals surface area contributed by atoms with Gasteiger partial charge in [-0.2, -0.15) is 0 Å². The van der Waals surface area contributed by atoms with Crippen molar-refractivity contribution in [2.24, 2.45) is 0 Å². The van der Waals surface area contributed by atoms with Crippen LogP contribution in [0.5, 0.6) is 0 Å². The number of aromatic nitrogens is 1. The van der Waals surface area contributed by atoms with Crippen molar-refractivity contribution >= 4 is 17.3 Å². The van der Waals surface area contributed by atoms with Gasteiger partial charge < -0.3 is 5.11 Å². The monoisotopic (exact) mass is 254 g/mol. The first-order valence-electron chi connectivity index (χ1n) is 6.02. The largest absolute Gasteiger partial charge is 0.480 e. The second-order valence-corrected chi connectivity index (χ2v) is 5.60. The molecule has 0 fully saturated rings. The van der Waals surface area contributed by atoms with Crippen LogP contribution in [0, 0.1) is 0 Å². The second-order valence-electron chi connectivity index (χ2n) is 4.49. The van der Waals surface area contributed by atoms with Crippen LogP contribution in [0.25, 0.3) is 0 Å². The van der Waals surface area contributed by atoms with Crippen LogP contribution >= 0.6 is 11.3 Å². The van der Waals surface area contributed by atoms with Crippen molar-refractivity contribution in [3.63, 3.8) is 0 Å². The van der Waals surface area contributed by atoms with Crippen molar-refractivity contribution in [2.75, 3.05) is 13.6 Å². The minimum absolute atomic E-state index is 0.101. The fourth-order valence-corrected chi connectivity index (χ4v) is 3.60. The molecule has 1 aromatic rings. The van der Waals surface area contributed by atoms with Crippen LogP contribution in [-0.2, 0) is 17.6 Å². The van der Waals surface area contributed by atoms with Gasteiger partial charge in [-0.1, -0.05) is 6.92 Å². The van der Waals surface area contributed by atoms with Crippen molar-refractivity contribution in [1.82, 2.24) is 9.88 Å². The molecule has 0 aromatic carbocycles. The topological polar surface area (TPSA) is 53.4 Å². The van der Waals surface area contributed by atoms with Gasteiger partial charge in [-0.05, 0) is 32.7 Å². The van der Waals surface area contributed by atoms with Gasteiger partial charge >= 0.3 is 5.97 Å². The van der Waals surface area contributed by atoms with Crippen LogP contribution < -0.4 is 0 Å². The lowest BCUT2D eigenvalue weighted by atomic mass is 9.97. The first-order chi connectivity index (χ1) is 8.11. The fourth-order valence-electron chi connectivity index (χ4n) is 2.34. The van der Waals surface area contributed by atoms with E-state index in [1.54, 1.807) is 11.3 Å². The normalized spacial score (nSPS) is 19.4. The van der Waals surface area contributed by atoms with Crippen LogP contribution in [-0.4, -0.2) is 34.6 Å². The molecule has 0 saturated heterocycles. The minimum atomic E-state index is -0.764. The maximum atomic E-state index is 10.8. The smallest absolute Gasteiger partial charge is 0.317 e. The number of carbonyl (C=O) groups is 1. The van der Waals surface area contributed by atoms with E-state index in [-0.39, 0.29) is 12.6 Å². The predicted molar refractivity (Wildman–Crippen MR) is 67.4 cm³/mol. The lowest BCUT2D eigenvalue weighted by molar-refractivity contribution is -0.138. The number of carboxylic acid groups (broad SMARTS) is 1. The maximum absolute atomic E-state index is 10.8. The third-order valence-electron chi connectivity index (χ3n) is 3.18. The molecule has 1 aliphatic rings. The van der Waals surface area contributed by atoms with Gasteiger partial charge in [0.2, 0.25) is 0 Å². The minimum Gasteiger partial charge on any atom is -0.480 e. The maximum Gasteiger partial charge on any atom is 0.317 e. The molecule has 5 heteroatoms. The summed E-state index contributed by atoms with van der Waals surface area (Å²) in [4.78, 5) is 18.6. The zero-order valence-electron chi connectivity index (χ0n) is 10.3. The Bertz CT molecular complexity index is 417. The summed E-state index contributed by atoms with van der Waals surface area (Å²) in [5.74, 6) is -0.764. The van der Waals surface area contributed by atoms with Gasteiger partial charge in [-0.25, -0.2) is 4.98 Å². The van der Waals surface area contributed by atoms with E-state index in [0.717, 1.165) is 25.7 Å². The Balaban J connectivity index is 2.21. The lowest BCUT2D eigenvalue weighted by Gasteiger charge is -2.29. The molecule has 0 saturated carbocycles. The number of thiazole rings is 1. The standard InChI is InChI=1S/C12H18N2O2S/c1-3-10-13-8-5-4-6-9(12(8)17-10)14(2)7-11(15)16/h9H,3-7H2,1-2H3,(H,15,16). The summed E-state index contributed by atoms with van der Waals surface area (Å²) in [6, 6.07) is 0.243. The predicted octanol–water partition coefficient (Wildman–Crippen LogP) is 2.10. The van der Waals surface area contributed by atoms with E-state index in [1.165, 1.54) is 15.6 Å². The second kappa shape index (κ2) is 5.14. The molecule has 4 nitrogen and oxygen atoms in total. The average molecular weight is 254 g/mol. The summed E-state index contributed by atoms with van der Waals surface area (Å²) in [5, 5.41) is 10.0. The Morgan fingerprint density at radius 3 is 3.06 bits per heavy atom. The SMILES string of the molecule is CCc1nc2c(s1)C(N(C)CC(=O)O)CCC2. The summed E-state index contributed by atoms with van der Waals surface area (Å²) in [5.41, 5.74) is 1.19. The quantitative estimate of drug-likeness (QED) is 0.894. The first-order valence-corrected chi connectivity index (χ1v) is 6.84. The number of carboxylic acids is 1. The van der Waals surface area contributed by atoms with Crippen molar-refractivity contribution in [2.45, 2.75) is 38.6 Å². The molecular weight excluding hydrogens is 236 g/mol. The van der Waals surface area contributed by atoms with E-state index in [4.69, 9.17) is 5.11 Å². The first kappa shape index (κ1) is 12.5. The van der Waals surface area contributed by atoms with E-state index in [2.05, 4.69) is 11.9 Å². The molecular formula is C12H18N2O2S. The number of aryl methyl sites for hydroxylation is 2. The molecule has 0 amide bonds. The summed E-state index contributed by atoms with van der Waals surface area (Å²) in [6.45, 7) is 2.21. The lowest BCUT2D eigenvalue weighted by Crippen LogP contribution is -2.31. The number of aliphatic carboxylic acids is 1. The summed E-state index contributed by atoms with van der Waals surface area (Å²) >= 11 is 1.75. The van der Waals surface area contributed by atoms with Gasteiger partial charge in [0, 0.05) is 10.9 Å². The number of likely N-dealkylation sites (N-methyl/N-ethyl adjacent to an activating group) is 1. The van der Waals surface area contributed by atoms with Crippen molar-refractivity contribution < 1.29 is 9.90 Å². The van der Waals surface area contributed by atoms with Crippen molar-refractivity contribution in [3.8, 4) is 0 Å². The van der Waals surface area contributed by atoms with Crippen LogP contribution in [0.3, 0.4) is 0 Å². The number of rotatable bonds is 4. The van der Waals surface area contributed by atoms with E-state index in [0.29, 0.717) is 0 Å². The number of hydrogen-bond acceptors (Lipinski definition) is 4. The summed E-state index contributed by atoms with van der Waals surface area (Å²) < 4.78 is 0.